The first kappa shape index (κ1) is 14.8. The average Bonchev–Trinajstić information content (AvgIpc) is 2.81. The summed E-state index contributed by atoms with van der Waals surface area (Å²) in [6.45, 7) is 2.32. The molecule has 2 N–H and O–H groups in total. The molecule has 0 heterocycles. The van der Waals surface area contributed by atoms with Crippen molar-refractivity contribution in [3.05, 3.63) is 11.6 Å². The molecule has 0 spiro atoms. The minimum Gasteiger partial charge on any atom is -0.393 e. The van der Waals surface area contributed by atoms with E-state index in [9.17, 15) is 10.2 Å². The fraction of sp³-hybridized carbons (Fsp3) is 0.800. The van der Waals surface area contributed by atoms with E-state index in [1.54, 1.807) is 0 Å². The molecule has 1 unspecified atom stereocenters. The van der Waals surface area contributed by atoms with Crippen molar-refractivity contribution in [3.63, 3.8) is 0 Å². The van der Waals surface area contributed by atoms with Crippen LogP contribution in [0.4, 0.5) is 0 Å². The predicted octanol–water partition coefficient (Wildman–Crippen LogP) is 3.14. The maximum absolute atomic E-state index is 10.5. The van der Waals surface area contributed by atoms with Gasteiger partial charge in [0.05, 0.1) is 12.2 Å². The number of fused-ring (bicyclic) bond motifs is 5. The van der Waals surface area contributed by atoms with Crippen LogP contribution in [-0.2, 0) is 0 Å². The molecule has 0 bridgehead atoms. The van der Waals surface area contributed by atoms with E-state index in [0.717, 1.165) is 31.6 Å². The zero-order chi connectivity index (χ0) is 15.5. The van der Waals surface area contributed by atoms with Crippen molar-refractivity contribution in [1.82, 2.24) is 0 Å². The maximum Gasteiger partial charge on any atom is 0.0735 e. The molecule has 0 aromatic rings. The Labute approximate surface area is 134 Å². The van der Waals surface area contributed by atoms with Crippen molar-refractivity contribution < 1.29 is 10.2 Å². The Hall–Kier alpha value is -0.780. The number of aliphatic hydroxyl groups is 2. The molecular formula is C20H28O2. The van der Waals surface area contributed by atoms with Gasteiger partial charge in [0, 0.05) is 5.92 Å². The normalized spacial score (nSPS) is 53.7. The third kappa shape index (κ3) is 1.95. The second-order valence-electron chi connectivity index (χ2n) is 8.45. The molecular weight excluding hydrogens is 272 g/mol. The Morgan fingerprint density at radius 2 is 2.00 bits per heavy atom. The molecule has 0 aliphatic heterocycles. The first-order valence-electron chi connectivity index (χ1n) is 9.07. The molecule has 3 saturated carbocycles. The lowest BCUT2D eigenvalue weighted by Gasteiger charge is -2.54. The fourth-order valence-electron chi connectivity index (χ4n) is 6.57. The molecule has 120 valence electrons. The summed E-state index contributed by atoms with van der Waals surface area (Å²) in [6.07, 6.45) is 15.1. The summed E-state index contributed by atoms with van der Waals surface area (Å²) in [5.41, 5.74) is 1.58. The summed E-state index contributed by atoms with van der Waals surface area (Å²) in [6, 6.07) is 0. The Bertz CT molecular complexity index is 530. The minimum absolute atomic E-state index is 0.105. The quantitative estimate of drug-likeness (QED) is 0.533. The number of allylic oxidation sites excluding steroid dienone is 1. The van der Waals surface area contributed by atoms with Crippen LogP contribution in [0, 0.1) is 47.3 Å². The monoisotopic (exact) mass is 300 g/mol. The van der Waals surface area contributed by atoms with E-state index >= 15 is 0 Å². The molecule has 4 aliphatic rings. The van der Waals surface area contributed by atoms with Crippen LogP contribution in [0.2, 0.25) is 0 Å². The molecule has 2 nitrogen and oxygen atoms in total. The van der Waals surface area contributed by atoms with Crippen LogP contribution in [0.5, 0.6) is 0 Å². The first-order chi connectivity index (χ1) is 10.5. The lowest BCUT2D eigenvalue weighted by molar-refractivity contribution is -0.0591. The van der Waals surface area contributed by atoms with Gasteiger partial charge < -0.3 is 10.2 Å². The van der Waals surface area contributed by atoms with E-state index in [1.165, 1.54) is 24.8 Å². The summed E-state index contributed by atoms with van der Waals surface area (Å²) >= 11 is 0. The van der Waals surface area contributed by atoms with Gasteiger partial charge in [-0.2, -0.15) is 0 Å². The Morgan fingerprint density at radius 3 is 2.77 bits per heavy atom. The van der Waals surface area contributed by atoms with E-state index in [4.69, 9.17) is 6.42 Å². The molecule has 0 aromatic carbocycles. The standard InChI is InChI=1S/C20H28O2/c1-3-12-10-14(21)11-13-4-5-15-16(19(12)13)8-9-20(2)17(15)6-7-18(20)22/h1,11-12,14-19,21-22H,4-10H2,2H3/t12?,14-,15+,16-,17-,18-,19-,20-/m0/s1. The van der Waals surface area contributed by atoms with Crippen molar-refractivity contribution >= 4 is 0 Å². The molecule has 0 saturated heterocycles. The summed E-state index contributed by atoms with van der Waals surface area (Å²) in [5.74, 6) is 5.77. The predicted molar refractivity (Wildman–Crippen MR) is 86.8 cm³/mol. The van der Waals surface area contributed by atoms with E-state index in [2.05, 4.69) is 18.9 Å². The topological polar surface area (TPSA) is 40.5 Å². The van der Waals surface area contributed by atoms with Gasteiger partial charge in [-0.15, -0.1) is 12.3 Å². The number of aliphatic hydroxyl groups excluding tert-OH is 2. The van der Waals surface area contributed by atoms with Crippen LogP contribution in [-0.4, -0.2) is 22.4 Å². The van der Waals surface area contributed by atoms with Gasteiger partial charge in [-0.05, 0) is 74.0 Å². The fourth-order valence-corrected chi connectivity index (χ4v) is 6.57. The molecule has 4 rings (SSSR count). The Morgan fingerprint density at radius 1 is 1.18 bits per heavy atom. The van der Waals surface area contributed by atoms with Crippen molar-refractivity contribution in [2.75, 3.05) is 0 Å². The average molecular weight is 300 g/mol. The van der Waals surface area contributed by atoms with Gasteiger partial charge in [-0.1, -0.05) is 18.6 Å². The van der Waals surface area contributed by atoms with Crippen molar-refractivity contribution in [2.45, 2.75) is 64.1 Å². The molecule has 3 fully saturated rings. The van der Waals surface area contributed by atoms with Gasteiger partial charge in [0.25, 0.3) is 0 Å². The zero-order valence-corrected chi connectivity index (χ0v) is 13.5. The molecule has 4 aliphatic carbocycles. The number of hydrogen-bond acceptors (Lipinski definition) is 2. The lowest BCUT2D eigenvalue weighted by Crippen LogP contribution is -2.49. The van der Waals surface area contributed by atoms with Crippen LogP contribution in [0.1, 0.15) is 51.9 Å². The first-order valence-corrected chi connectivity index (χ1v) is 9.07. The third-order valence-corrected chi connectivity index (χ3v) is 7.65. The highest BCUT2D eigenvalue weighted by Crippen LogP contribution is 2.62. The molecule has 0 aromatic heterocycles. The highest BCUT2D eigenvalue weighted by molar-refractivity contribution is 5.25. The molecule has 22 heavy (non-hydrogen) atoms. The minimum atomic E-state index is -0.342. The van der Waals surface area contributed by atoms with Crippen molar-refractivity contribution in [3.8, 4) is 12.3 Å². The van der Waals surface area contributed by atoms with Crippen LogP contribution >= 0.6 is 0 Å². The van der Waals surface area contributed by atoms with Crippen LogP contribution < -0.4 is 0 Å². The summed E-state index contributed by atoms with van der Waals surface area (Å²) in [5, 5.41) is 20.5. The highest BCUT2D eigenvalue weighted by Gasteiger charge is 2.56. The molecule has 0 amide bonds. The van der Waals surface area contributed by atoms with Gasteiger partial charge in [-0.3, -0.25) is 0 Å². The molecule has 8 atom stereocenters. The van der Waals surface area contributed by atoms with E-state index < -0.39 is 0 Å². The smallest absolute Gasteiger partial charge is 0.0735 e. The third-order valence-electron chi connectivity index (χ3n) is 7.65. The van der Waals surface area contributed by atoms with E-state index in [0.29, 0.717) is 17.8 Å². The maximum atomic E-state index is 10.5. The number of terminal acetylenes is 1. The van der Waals surface area contributed by atoms with Crippen LogP contribution in [0.15, 0.2) is 11.6 Å². The largest absolute Gasteiger partial charge is 0.393 e. The zero-order valence-electron chi connectivity index (χ0n) is 13.5. The van der Waals surface area contributed by atoms with Crippen LogP contribution in [0.25, 0.3) is 0 Å². The van der Waals surface area contributed by atoms with E-state index in [-0.39, 0.29) is 23.5 Å². The summed E-state index contributed by atoms with van der Waals surface area (Å²) in [4.78, 5) is 0. The molecule has 2 heteroatoms. The lowest BCUT2D eigenvalue weighted by atomic mass is 9.50. The van der Waals surface area contributed by atoms with Gasteiger partial charge in [0.1, 0.15) is 0 Å². The van der Waals surface area contributed by atoms with Gasteiger partial charge in [0.15, 0.2) is 0 Å². The van der Waals surface area contributed by atoms with Gasteiger partial charge >= 0.3 is 0 Å². The second kappa shape index (κ2) is 5.11. The highest BCUT2D eigenvalue weighted by atomic mass is 16.3. The van der Waals surface area contributed by atoms with Gasteiger partial charge in [0.2, 0.25) is 0 Å². The summed E-state index contributed by atoms with van der Waals surface area (Å²) < 4.78 is 0. The number of rotatable bonds is 0. The van der Waals surface area contributed by atoms with Crippen LogP contribution in [0.3, 0.4) is 0 Å². The summed E-state index contributed by atoms with van der Waals surface area (Å²) in [7, 11) is 0. The van der Waals surface area contributed by atoms with Crippen molar-refractivity contribution in [1.29, 1.82) is 0 Å². The SMILES string of the molecule is C#CC1C[C@H](O)C=C2CC[C@@H]3[C@H](CC[C@]4(C)[C@@H](O)CC[C@@H]34)[C@H]21. The second-order valence-corrected chi connectivity index (χ2v) is 8.45. The number of hydrogen-bond donors (Lipinski definition) is 2. The Balaban J connectivity index is 1.66. The Kier molecular flexibility index (Phi) is 3.44. The van der Waals surface area contributed by atoms with Gasteiger partial charge in [-0.25, -0.2) is 0 Å². The van der Waals surface area contributed by atoms with Crippen molar-refractivity contribution in [2.24, 2.45) is 35.0 Å². The van der Waals surface area contributed by atoms with E-state index in [1.807, 2.05) is 0 Å². The molecule has 0 radical (unpaired) electrons.